The smallest absolute Gasteiger partial charge is 0.0406 e. The van der Waals surface area contributed by atoms with Gasteiger partial charge in [-0.2, -0.15) is 0 Å². The van der Waals surface area contributed by atoms with E-state index in [2.05, 4.69) is 22.6 Å². The Bertz CT molecular complexity index is 378. The van der Waals surface area contributed by atoms with E-state index in [1.54, 1.807) is 0 Å². The molecule has 2 nitrogen and oxygen atoms in total. The molecule has 1 aromatic carbocycles. The molecule has 1 heterocycles. The Morgan fingerprint density at radius 2 is 1.67 bits per heavy atom. The minimum atomic E-state index is 0.684. The molecular weight excluding hydrogens is 244 g/mol. The van der Waals surface area contributed by atoms with Crippen LogP contribution in [0.5, 0.6) is 0 Å². The highest BCUT2D eigenvalue weighted by Gasteiger charge is 2.31. The second kappa shape index (κ2) is 5.60. The quantitative estimate of drug-likeness (QED) is 0.898. The highest BCUT2D eigenvalue weighted by atomic mass is 35.5. The van der Waals surface area contributed by atoms with Crippen LogP contribution in [-0.4, -0.2) is 24.1 Å². The van der Waals surface area contributed by atoms with E-state index in [1.807, 2.05) is 12.1 Å². The Labute approximate surface area is 114 Å². The van der Waals surface area contributed by atoms with Gasteiger partial charge in [0.15, 0.2) is 0 Å². The SMILES string of the molecule is Clc1ccc(C2CC(NN3CCCCC3)C2)cc1. The molecule has 98 valence electrons. The average Bonchev–Trinajstić information content (AvgIpc) is 2.36. The largest absolute Gasteiger partial charge is 0.252 e. The fraction of sp³-hybridized carbons (Fsp3) is 0.600. The topological polar surface area (TPSA) is 15.3 Å². The van der Waals surface area contributed by atoms with Gasteiger partial charge in [-0.05, 0) is 49.3 Å². The van der Waals surface area contributed by atoms with Crippen molar-refractivity contribution in [2.75, 3.05) is 13.1 Å². The standard InChI is InChI=1S/C15H21ClN2/c16-14-6-4-12(5-7-14)13-10-15(11-13)17-18-8-2-1-3-9-18/h4-7,13,15,17H,1-3,8-11H2. The van der Waals surface area contributed by atoms with Crippen LogP contribution in [0, 0.1) is 0 Å². The molecule has 18 heavy (non-hydrogen) atoms. The lowest BCUT2D eigenvalue weighted by molar-refractivity contribution is 0.0918. The average molecular weight is 265 g/mol. The minimum Gasteiger partial charge on any atom is -0.252 e. The van der Waals surface area contributed by atoms with Crippen LogP contribution in [0.25, 0.3) is 0 Å². The summed E-state index contributed by atoms with van der Waals surface area (Å²) in [6.45, 7) is 2.45. The lowest BCUT2D eigenvalue weighted by atomic mass is 9.76. The van der Waals surface area contributed by atoms with E-state index in [-0.39, 0.29) is 0 Å². The molecule has 3 rings (SSSR count). The van der Waals surface area contributed by atoms with Gasteiger partial charge in [-0.15, -0.1) is 0 Å². The second-order valence-electron chi connectivity index (χ2n) is 5.59. The van der Waals surface area contributed by atoms with Gasteiger partial charge in [-0.3, -0.25) is 5.43 Å². The molecule has 0 spiro atoms. The molecule has 1 saturated heterocycles. The minimum absolute atomic E-state index is 0.684. The summed E-state index contributed by atoms with van der Waals surface area (Å²) in [6.07, 6.45) is 6.62. The number of hydrazine groups is 1. The maximum Gasteiger partial charge on any atom is 0.0406 e. The van der Waals surface area contributed by atoms with Crippen molar-refractivity contribution in [1.29, 1.82) is 0 Å². The number of rotatable bonds is 3. The van der Waals surface area contributed by atoms with Crippen LogP contribution in [0.4, 0.5) is 0 Å². The molecule has 2 aliphatic rings. The van der Waals surface area contributed by atoms with Crippen molar-refractivity contribution in [3.63, 3.8) is 0 Å². The van der Waals surface area contributed by atoms with Crippen LogP contribution in [0.3, 0.4) is 0 Å². The van der Waals surface area contributed by atoms with Crippen molar-refractivity contribution in [3.05, 3.63) is 34.9 Å². The number of piperidine rings is 1. The fourth-order valence-electron chi connectivity index (χ4n) is 3.01. The Balaban J connectivity index is 1.46. The van der Waals surface area contributed by atoms with Crippen molar-refractivity contribution >= 4 is 11.6 Å². The molecule has 0 radical (unpaired) electrons. The lowest BCUT2D eigenvalue weighted by Crippen LogP contribution is -2.51. The van der Waals surface area contributed by atoms with Crippen LogP contribution in [0.2, 0.25) is 5.02 Å². The van der Waals surface area contributed by atoms with Crippen LogP contribution in [-0.2, 0) is 0 Å². The van der Waals surface area contributed by atoms with E-state index in [9.17, 15) is 0 Å². The van der Waals surface area contributed by atoms with Crippen molar-refractivity contribution in [2.45, 2.75) is 44.1 Å². The van der Waals surface area contributed by atoms with E-state index in [0.29, 0.717) is 6.04 Å². The van der Waals surface area contributed by atoms with Crippen molar-refractivity contribution in [1.82, 2.24) is 10.4 Å². The zero-order chi connectivity index (χ0) is 12.4. The van der Waals surface area contributed by atoms with Gasteiger partial charge in [-0.1, -0.05) is 30.2 Å². The normalized spacial score (nSPS) is 28.9. The molecular formula is C15H21ClN2. The predicted molar refractivity (Wildman–Crippen MR) is 75.8 cm³/mol. The van der Waals surface area contributed by atoms with Gasteiger partial charge in [0, 0.05) is 24.2 Å². The molecule has 1 N–H and O–H groups in total. The zero-order valence-electron chi connectivity index (χ0n) is 10.7. The second-order valence-corrected chi connectivity index (χ2v) is 6.03. The first-order valence-electron chi connectivity index (χ1n) is 7.08. The van der Waals surface area contributed by atoms with E-state index >= 15 is 0 Å². The number of hydrogen-bond acceptors (Lipinski definition) is 2. The maximum atomic E-state index is 5.92. The van der Waals surface area contributed by atoms with Gasteiger partial charge in [0.25, 0.3) is 0 Å². The number of nitrogens with one attached hydrogen (secondary N) is 1. The summed E-state index contributed by atoms with van der Waals surface area (Å²) in [5.74, 6) is 0.726. The summed E-state index contributed by atoms with van der Waals surface area (Å²) < 4.78 is 0. The highest BCUT2D eigenvalue weighted by molar-refractivity contribution is 6.30. The third kappa shape index (κ3) is 2.87. The van der Waals surface area contributed by atoms with Crippen molar-refractivity contribution in [2.24, 2.45) is 0 Å². The summed E-state index contributed by atoms with van der Waals surface area (Å²) in [5, 5.41) is 3.26. The van der Waals surface area contributed by atoms with Crippen LogP contribution in [0.15, 0.2) is 24.3 Å². The molecule has 0 bridgehead atoms. The first-order valence-corrected chi connectivity index (χ1v) is 7.45. The summed E-state index contributed by atoms with van der Waals surface area (Å²) >= 11 is 5.92. The number of nitrogens with zero attached hydrogens (tertiary/aromatic N) is 1. The van der Waals surface area contributed by atoms with E-state index < -0.39 is 0 Å². The molecule has 1 aromatic rings. The Hall–Kier alpha value is -0.570. The summed E-state index contributed by atoms with van der Waals surface area (Å²) in [6, 6.07) is 9.03. The summed E-state index contributed by atoms with van der Waals surface area (Å²) in [7, 11) is 0. The third-order valence-electron chi connectivity index (χ3n) is 4.20. The van der Waals surface area contributed by atoms with E-state index in [4.69, 9.17) is 11.6 Å². The van der Waals surface area contributed by atoms with Gasteiger partial charge in [0.1, 0.15) is 0 Å². The third-order valence-corrected chi connectivity index (χ3v) is 4.45. The highest BCUT2D eigenvalue weighted by Crippen LogP contribution is 2.37. The molecule has 0 amide bonds. The Morgan fingerprint density at radius 3 is 2.33 bits per heavy atom. The van der Waals surface area contributed by atoms with Gasteiger partial charge < -0.3 is 0 Å². The Kier molecular flexibility index (Phi) is 3.88. The van der Waals surface area contributed by atoms with Gasteiger partial charge in [-0.25, -0.2) is 5.01 Å². The maximum absolute atomic E-state index is 5.92. The van der Waals surface area contributed by atoms with Crippen molar-refractivity contribution in [3.8, 4) is 0 Å². The predicted octanol–water partition coefficient (Wildman–Crippen LogP) is 3.58. The molecule has 1 aliphatic carbocycles. The van der Waals surface area contributed by atoms with Gasteiger partial charge in [0.2, 0.25) is 0 Å². The van der Waals surface area contributed by atoms with E-state index in [1.165, 1.54) is 50.8 Å². The van der Waals surface area contributed by atoms with Crippen molar-refractivity contribution < 1.29 is 0 Å². The molecule has 0 atom stereocenters. The van der Waals surface area contributed by atoms with Gasteiger partial charge >= 0.3 is 0 Å². The van der Waals surface area contributed by atoms with Gasteiger partial charge in [0.05, 0.1) is 0 Å². The molecule has 3 heteroatoms. The number of hydrogen-bond donors (Lipinski definition) is 1. The lowest BCUT2D eigenvalue weighted by Gasteiger charge is -2.40. The van der Waals surface area contributed by atoms with Crippen LogP contribution >= 0.6 is 11.6 Å². The molecule has 1 saturated carbocycles. The Morgan fingerprint density at radius 1 is 1.00 bits per heavy atom. The van der Waals surface area contributed by atoms with E-state index in [0.717, 1.165) is 10.9 Å². The molecule has 0 aromatic heterocycles. The first kappa shape index (κ1) is 12.5. The summed E-state index contributed by atoms with van der Waals surface area (Å²) in [5.41, 5.74) is 5.11. The summed E-state index contributed by atoms with van der Waals surface area (Å²) in [4.78, 5) is 0. The number of benzene rings is 1. The molecule has 1 aliphatic heterocycles. The van der Waals surface area contributed by atoms with Crippen LogP contribution < -0.4 is 5.43 Å². The molecule has 2 fully saturated rings. The zero-order valence-corrected chi connectivity index (χ0v) is 11.5. The first-order chi connectivity index (χ1) is 8.81. The fourth-order valence-corrected chi connectivity index (χ4v) is 3.14. The molecule has 0 unspecified atom stereocenters. The van der Waals surface area contributed by atoms with Crippen LogP contribution in [0.1, 0.15) is 43.6 Å². The monoisotopic (exact) mass is 264 g/mol. The number of halogens is 1.